The number of amides is 2. The van der Waals surface area contributed by atoms with E-state index < -0.39 is 29.1 Å². The largest absolute Gasteiger partial charge is 0.489 e. The number of carbonyl (C=O) groups excluding carboxylic acids is 2. The first-order chi connectivity index (χ1) is 18.2. The van der Waals surface area contributed by atoms with Crippen LogP contribution in [0.1, 0.15) is 35.4 Å². The molecule has 0 unspecified atom stereocenters. The Morgan fingerprint density at radius 3 is 2.71 bits per heavy atom. The van der Waals surface area contributed by atoms with Crippen LogP contribution in [0.15, 0.2) is 36.8 Å². The molecule has 4 heterocycles. The molecule has 5 rings (SSSR count). The molecule has 0 spiro atoms. The van der Waals surface area contributed by atoms with Gasteiger partial charge in [-0.3, -0.25) is 9.78 Å². The van der Waals surface area contributed by atoms with Crippen molar-refractivity contribution in [3.63, 3.8) is 0 Å². The number of ether oxygens (including phenoxy) is 2. The average Bonchev–Trinajstić information content (AvgIpc) is 3.53. The molecule has 3 aromatic rings. The first kappa shape index (κ1) is 25.8. The SMILES string of the molecule is O=C(NCc1cc(F)c(Cl)c(F)c1)c1cc(O[C@H]2CCN3C(=O)OC[C@@H]3C2)c(-c2cnn(C(F)F)c2)cn1. The third-order valence-corrected chi connectivity index (χ3v) is 6.66. The quantitative estimate of drug-likeness (QED) is 0.340. The summed E-state index contributed by atoms with van der Waals surface area (Å²) in [6, 6.07) is 3.20. The molecule has 200 valence electrons. The Bertz CT molecular complexity index is 1360. The Labute approximate surface area is 218 Å². The number of piperidine rings is 1. The standard InChI is InChI=1S/C24H20ClF4N5O4/c25-21-17(26)3-12(4-18(21)27)7-31-22(35)19-6-20(16(9-30-19)13-8-32-34(10-13)23(28)29)38-15-1-2-33-14(5-15)11-37-24(33)36/h3-4,6,8-10,14-15,23H,1-2,5,7,11H2,(H,31,35)/t14-,15-/m0/s1. The highest BCUT2D eigenvalue weighted by Crippen LogP contribution is 2.34. The summed E-state index contributed by atoms with van der Waals surface area (Å²) in [5.41, 5.74) is 0.697. The maximum Gasteiger partial charge on any atom is 0.410 e. The van der Waals surface area contributed by atoms with Gasteiger partial charge in [-0.25, -0.2) is 18.3 Å². The van der Waals surface area contributed by atoms with E-state index in [4.69, 9.17) is 21.1 Å². The number of carbonyl (C=O) groups is 2. The van der Waals surface area contributed by atoms with Crippen LogP contribution in [0.5, 0.6) is 5.75 Å². The maximum absolute atomic E-state index is 13.7. The minimum Gasteiger partial charge on any atom is -0.489 e. The molecule has 1 N–H and O–H groups in total. The molecule has 0 bridgehead atoms. The van der Waals surface area contributed by atoms with Gasteiger partial charge in [0.1, 0.15) is 40.8 Å². The van der Waals surface area contributed by atoms with Gasteiger partial charge in [-0.2, -0.15) is 13.9 Å². The second-order valence-corrected chi connectivity index (χ2v) is 9.17. The topological polar surface area (TPSA) is 98.6 Å². The lowest BCUT2D eigenvalue weighted by molar-refractivity contribution is 0.0566. The fourth-order valence-corrected chi connectivity index (χ4v) is 4.50. The van der Waals surface area contributed by atoms with E-state index in [0.29, 0.717) is 35.2 Å². The van der Waals surface area contributed by atoms with Gasteiger partial charge in [0, 0.05) is 55.5 Å². The molecule has 0 aliphatic carbocycles. The number of nitrogens with one attached hydrogen (secondary N) is 1. The second kappa shape index (κ2) is 10.5. The van der Waals surface area contributed by atoms with Crippen LogP contribution in [0.25, 0.3) is 11.1 Å². The van der Waals surface area contributed by atoms with Crippen molar-refractivity contribution in [3.8, 4) is 16.9 Å². The zero-order chi connectivity index (χ0) is 27.0. The predicted molar refractivity (Wildman–Crippen MR) is 125 cm³/mol. The summed E-state index contributed by atoms with van der Waals surface area (Å²) in [7, 11) is 0. The number of nitrogens with zero attached hydrogens (tertiary/aromatic N) is 4. The molecule has 2 aromatic heterocycles. The smallest absolute Gasteiger partial charge is 0.410 e. The molecular formula is C24H20ClF4N5O4. The lowest BCUT2D eigenvalue weighted by atomic mass is 10.0. The summed E-state index contributed by atoms with van der Waals surface area (Å²) in [6.45, 7) is -2.40. The van der Waals surface area contributed by atoms with Crippen molar-refractivity contribution in [2.24, 2.45) is 0 Å². The number of benzene rings is 1. The van der Waals surface area contributed by atoms with Crippen molar-refractivity contribution in [1.82, 2.24) is 25.0 Å². The molecule has 2 saturated heterocycles. The van der Waals surface area contributed by atoms with E-state index in [-0.39, 0.29) is 48.4 Å². The van der Waals surface area contributed by atoms with Crippen LogP contribution in [0.2, 0.25) is 5.02 Å². The molecular weight excluding hydrogens is 534 g/mol. The molecule has 2 fully saturated rings. The highest BCUT2D eigenvalue weighted by molar-refractivity contribution is 6.30. The molecule has 9 nitrogen and oxygen atoms in total. The van der Waals surface area contributed by atoms with Crippen LogP contribution >= 0.6 is 11.6 Å². The Balaban J connectivity index is 1.38. The summed E-state index contributed by atoms with van der Waals surface area (Å²) in [5.74, 6) is -2.38. The van der Waals surface area contributed by atoms with Gasteiger partial charge in [-0.15, -0.1) is 0 Å². The number of halogens is 5. The van der Waals surface area contributed by atoms with Gasteiger partial charge in [0.15, 0.2) is 0 Å². The lowest BCUT2D eigenvalue weighted by Crippen LogP contribution is -2.44. The first-order valence-electron chi connectivity index (χ1n) is 11.5. The number of cyclic esters (lactones) is 1. The Hall–Kier alpha value is -3.87. The van der Waals surface area contributed by atoms with Crippen LogP contribution in [0.4, 0.5) is 22.4 Å². The van der Waals surface area contributed by atoms with Gasteiger partial charge >= 0.3 is 12.6 Å². The number of hydrogen-bond acceptors (Lipinski definition) is 6. The molecule has 38 heavy (non-hydrogen) atoms. The van der Waals surface area contributed by atoms with Crippen molar-refractivity contribution in [2.75, 3.05) is 13.2 Å². The lowest BCUT2D eigenvalue weighted by Gasteiger charge is -2.32. The molecule has 1 aromatic carbocycles. The third kappa shape index (κ3) is 5.23. The number of alkyl halides is 2. The highest BCUT2D eigenvalue weighted by Gasteiger charge is 2.39. The van der Waals surface area contributed by atoms with Crippen LogP contribution < -0.4 is 10.1 Å². The number of aromatic nitrogens is 3. The second-order valence-electron chi connectivity index (χ2n) is 8.80. The fourth-order valence-electron chi connectivity index (χ4n) is 4.39. The van der Waals surface area contributed by atoms with E-state index >= 15 is 0 Å². The van der Waals surface area contributed by atoms with Gasteiger partial charge in [-0.05, 0) is 17.7 Å². The van der Waals surface area contributed by atoms with E-state index in [9.17, 15) is 27.2 Å². The third-order valence-electron chi connectivity index (χ3n) is 6.30. The molecule has 14 heteroatoms. The van der Waals surface area contributed by atoms with Gasteiger partial charge < -0.3 is 19.7 Å². The van der Waals surface area contributed by atoms with Gasteiger partial charge in [-0.1, -0.05) is 11.6 Å². The van der Waals surface area contributed by atoms with E-state index in [1.165, 1.54) is 18.5 Å². The Morgan fingerprint density at radius 1 is 1.24 bits per heavy atom. The Morgan fingerprint density at radius 2 is 2.00 bits per heavy atom. The van der Waals surface area contributed by atoms with Gasteiger partial charge in [0.05, 0.1) is 12.2 Å². The van der Waals surface area contributed by atoms with Crippen molar-refractivity contribution in [3.05, 3.63) is 64.7 Å². The molecule has 2 aliphatic heterocycles. The number of pyridine rings is 1. The van der Waals surface area contributed by atoms with Crippen molar-refractivity contribution >= 4 is 23.6 Å². The number of hydrogen-bond donors (Lipinski definition) is 1. The van der Waals surface area contributed by atoms with Crippen molar-refractivity contribution < 1.29 is 36.6 Å². The molecule has 0 radical (unpaired) electrons. The van der Waals surface area contributed by atoms with E-state index in [2.05, 4.69) is 15.4 Å². The normalized spacial score (nSPS) is 18.9. The molecule has 2 atom stereocenters. The first-order valence-corrected chi connectivity index (χ1v) is 11.9. The molecule has 2 aliphatic rings. The summed E-state index contributed by atoms with van der Waals surface area (Å²) >= 11 is 5.49. The maximum atomic E-state index is 13.7. The molecule has 0 saturated carbocycles. The van der Waals surface area contributed by atoms with Gasteiger partial charge in [0.25, 0.3) is 5.91 Å². The highest BCUT2D eigenvalue weighted by atomic mass is 35.5. The Kier molecular flexibility index (Phi) is 7.11. The van der Waals surface area contributed by atoms with Crippen LogP contribution in [0, 0.1) is 11.6 Å². The monoisotopic (exact) mass is 553 g/mol. The summed E-state index contributed by atoms with van der Waals surface area (Å²) in [6.07, 6.45) is 3.88. The van der Waals surface area contributed by atoms with Crippen molar-refractivity contribution in [1.29, 1.82) is 0 Å². The number of rotatable bonds is 7. The summed E-state index contributed by atoms with van der Waals surface area (Å²) < 4.78 is 65.4. The fraction of sp³-hybridized carbons (Fsp3) is 0.333. The predicted octanol–water partition coefficient (Wildman–Crippen LogP) is 4.56. The minimum atomic E-state index is -2.85. The van der Waals surface area contributed by atoms with E-state index in [1.807, 2.05) is 0 Å². The molecule has 2 amide bonds. The zero-order valence-electron chi connectivity index (χ0n) is 19.5. The van der Waals surface area contributed by atoms with E-state index in [0.717, 1.165) is 18.3 Å². The van der Waals surface area contributed by atoms with Gasteiger partial charge in [0.2, 0.25) is 0 Å². The average molecular weight is 554 g/mol. The zero-order valence-corrected chi connectivity index (χ0v) is 20.3. The van der Waals surface area contributed by atoms with Crippen LogP contribution in [-0.2, 0) is 11.3 Å². The van der Waals surface area contributed by atoms with Crippen LogP contribution in [0.3, 0.4) is 0 Å². The summed E-state index contributed by atoms with van der Waals surface area (Å²) in [5, 5.41) is 5.52. The summed E-state index contributed by atoms with van der Waals surface area (Å²) in [4.78, 5) is 30.4. The van der Waals surface area contributed by atoms with E-state index in [1.54, 1.807) is 4.90 Å². The minimum absolute atomic E-state index is 0.0725. The van der Waals surface area contributed by atoms with Crippen LogP contribution in [-0.4, -0.2) is 57.0 Å². The van der Waals surface area contributed by atoms with Crippen molar-refractivity contribution in [2.45, 2.75) is 38.1 Å². The number of fused-ring (bicyclic) bond motifs is 1.